The average molecular weight is 302 g/mol. The van der Waals surface area contributed by atoms with E-state index in [9.17, 15) is 9.59 Å². The fourth-order valence-electron chi connectivity index (χ4n) is 3.44. The highest BCUT2D eigenvalue weighted by molar-refractivity contribution is 6.06. The molecule has 0 spiro atoms. The molecule has 1 unspecified atom stereocenters. The molecule has 1 heterocycles. The van der Waals surface area contributed by atoms with Gasteiger partial charge in [0.1, 0.15) is 6.04 Å². The Balaban J connectivity index is 2.05. The molecule has 118 valence electrons. The van der Waals surface area contributed by atoms with E-state index in [4.69, 9.17) is 4.74 Å². The predicted octanol–water partition coefficient (Wildman–Crippen LogP) is 2.28. The maximum absolute atomic E-state index is 12.4. The summed E-state index contributed by atoms with van der Waals surface area (Å²) in [6, 6.07) is 3.67. The second kappa shape index (κ2) is 5.99. The Kier molecular flexibility index (Phi) is 4.05. The highest BCUT2D eigenvalue weighted by Crippen LogP contribution is 2.37. The second-order valence-corrected chi connectivity index (χ2v) is 5.91. The number of hydrogen-bond donors (Lipinski definition) is 1. The van der Waals surface area contributed by atoms with E-state index in [2.05, 4.69) is 17.4 Å². The number of hydrogen-bond acceptors (Lipinski definition) is 4. The third-order valence-corrected chi connectivity index (χ3v) is 4.59. The minimum absolute atomic E-state index is 0.0829. The quantitative estimate of drug-likeness (QED) is 0.870. The maximum atomic E-state index is 12.4. The lowest BCUT2D eigenvalue weighted by molar-refractivity contribution is -0.143. The summed E-state index contributed by atoms with van der Waals surface area (Å²) >= 11 is 0. The number of amides is 1. The number of carbonyl (C=O) groups is 2. The van der Waals surface area contributed by atoms with Crippen molar-refractivity contribution in [3.63, 3.8) is 0 Å². The van der Waals surface area contributed by atoms with Crippen LogP contribution in [0.4, 0.5) is 11.4 Å². The Morgan fingerprint density at radius 1 is 1.32 bits per heavy atom. The van der Waals surface area contributed by atoms with Crippen LogP contribution in [-0.2, 0) is 27.2 Å². The van der Waals surface area contributed by atoms with Crippen molar-refractivity contribution in [2.75, 3.05) is 23.9 Å². The lowest BCUT2D eigenvalue weighted by Crippen LogP contribution is -2.50. The number of benzene rings is 1. The van der Waals surface area contributed by atoms with E-state index in [1.165, 1.54) is 31.1 Å². The van der Waals surface area contributed by atoms with Gasteiger partial charge in [-0.15, -0.1) is 0 Å². The first kappa shape index (κ1) is 14.9. The van der Waals surface area contributed by atoms with Gasteiger partial charge >= 0.3 is 5.97 Å². The van der Waals surface area contributed by atoms with Crippen molar-refractivity contribution in [3.05, 3.63) is 23.3 Å². The second-order valence-electron chi connectivity index (χ2n) is 5.91. The zero-order valence-corrected chi connectivity index (χ0v) is 13.1. The molecule has 5 heteroatoms. The number of carbonyl (C=O) groups excluding carboxylic acids is 2. The monoisotopic (exact) mass is 302 g/mol. The van der Waals surface area contributed by atoms with Gasteiger partial charge in [-0.3, -0.25) is 9.69 Å². The van der Waals surface area contributed by atoms with E-state index in [1.807, 2.05) is 6.92 Å². The third-order valence-electron chi connectivity index (χ3n) is 4.59. The van der Waals surface area contributed by atoms with Crippen molar-refractivity contribution in [3.8, 4) is 0 Å². The molecule has 1 amide bonds. The van der Waals surface area contributed by atoms with E-state index in [0.717, 1.165) is 24.2 Å². The van der Waals surface area contributed by atoms with Crippen molar-refractivity contribution in [1.82, 2.24) is 0 Å². The molecule has 1 atom stereocenters. The van der Waals surface area contributed by atoms with Gasteiger partial charge in [0.25, 0.3) is 0 Å². The Bertz CT molecular complexity index is 612. The number of ether oxygens (including phenoxy) is 1. The summed E-state index contributed by atoms with van der Waals surface area (Å²) in [7, 11) is 1.37. The zero-order valence-electron chi connectivity index (χ0n) is 13.1. The molecule has 1 aliphatic carbocycles. The average Bonchev–Trinajstić information content (AvgIpc) is 2.55. The summed E-state index contributed by atoms with van der Waals surface area (Å²) in [4.78, 5) is 26.1. The van der Waals surface area contributed by atoms with Crippen LogP contribution in [0.25, 0.3) is 0 Å². The zero-order chi connectivity index (χ0) is 15.7. The topological polar surface area (TPSA) is 58.6 Å². The minimum atomic E-state index is -0.556. The number of anilines is 2. The number of methoxy groups -OCH3 is 1. The Labute approximate surface area is 130 Å². The molecule has 0 radical (unpaired) electrons. The van der Waals surface area contributed by atoms with Crippen LogP contribution in [0, 0.1) is 0 Å². The van der Waals surface area contributed by atoms with Crippen molar-refractivity contribution >= 4 is 23.3 Å². The van der Waals surface area contributed by atoms with Gasteiger partial charge in [0.2, 0.25) is 5.91 Å². The first-order chi connectivity index (χ1) is 10.7. The van der Waals surface area contributed by atoms with Crippen LogP contribution >= 0.6 is 0 Å². The molecule has 1 aromatic carbocycles. The first-order valence-electron chi connectivity index (χ1n) is 7.95. The van der Waals surface area contributed by atoms with Crippen molar-refractivity contribution in [2.24, 2.45) is 0 Å². The minimum Gasteiger partial charge on any atom is -0.467 e. The highest BCUT2D eigenvalue weighted by atomic mass is 16.5. The molecule has 1 aliphatic heterocycles. The molecule has 1 N–H and O–H groups in total. The smallest absolute Gasteiger partial charge is 0.328 e. The number of nitrogens with one attached hydrogen (secondary N) is 1. The van der Waals surface area contributed by atoms with Crippen LogP contribution in [0.2, 0.25) is 0 Å². The van der Waals surface area contributed by atoms with E-state index in [1.54, 1.807) is 4.90 Å². The summed E-state index contributed by atoms with van der Waals surface area (Å²) < 4.78 is 4.88. The van der Waals surface area contributed by atoms with E-state index >= 15 is 0 Å². The Morgan fingerprint density at radius 2 is 2.00 bits per heavy atom. The highest BCUT2D eigenvalue weighted by Gasteiger charge is 2.35. The predicted molar refractivity (Wildman–Crippen MR) is 85.2 cm³/mol. The molecule has 0 bridgehead atoms. The van der Waals surface area contributed by atoms with Gasteiger partial charge in [-0.2, -0.15) is 0 Å². The third kappa shape index (κ3) is 2.45. The van der Waals surface area contributed by atoms with Crippen molar-refractivity contribution < 1.29 is 14.3 Å². The molecule has 5 nitrogen and oxygen atoms in total. The molecule has 22 heavy (non-hydrogen) atoms. The van der Waals surface area contributed by atoms with E-state index in [0.29, 0.717) is 6.42 Å². The van der Waals surface area contributed by atoms with Crippen LogP contribution in [0.15, 0.2) is 12.1 Å². The molecule has 0 aromatic heterocycles. The summed E-state index contributed by atoms with van der Waals surface area (Å²) in [6.45, 7) is 2.12. The van der Waals surface area contributed by atoms with Gasteiger partial charge in [-0.1, -0.05) is 6.92 Å². The summed E-state index contributed by atoms with van der Waals surface area (Å²) in [6.07, 6.45) is 5.07. The lowest BCUT2D eigenvalue weighted by Gasteiger charge is -2.36. The van der Waals surface area contributed by atoms with Crippen molar-refractivity contribution in [1.29, 1.82) is 0 Å². The maximum Gasteiger partial charge on any atom is 0.328 e. The van der Waals surface area contributed by atoms with Crippen LogP contribution in [0.1, 0.15) is 37.3 Å². The van der Waals surface area contributed by atoms with Crippen LogP contribution < -0.4 is 10.2 Å². The Morgan fingerprint density at radius 3 is 2.64 bits per heavy atom. The fraction of sp³-hybridized carbons (Fsp3) is 0.529. The molecule has 2 aliphatic rings. The number of fused-ring (bicyclic) bond motifs is 2. The molecular formula is C17H22N2O3. The molecule has 0 saturated heterocycles. The molecule has 0 saturated carbocycles. The normalized spacial score (nSPS) is 18.1. The number of esters is 1. The first-order valence-corrected chi connectivity index (χ1v) is 7.95. The molecule has 1 aromatic rings. The van der Waals surface area contributed by atoms with Crippen LogP contribution in [0.3, 0.4) is 0 Å². The Hall–Kier alpha value is -2.04. The molecule has 0 fully saturated rings. The van der Waals surface area contributed by atoms with Gasteiger partial charge < -0.3 is 10.1 Å². The largest absolute Gasteiger partial charge is 0.467 e. The van der Waals surface area contributed by atoms with Gasteiger partial charge in [-0.25, -0.2) is 4.79 Å². The summed E-state index contributed by atoms with van der Waals surface area (Å²) in [5.41, 5.74) is 4.42. The number of nitrogens with zero attached hydrogens (tertiary/aromatic N) is 1. The van der Waals surface area contributed by atoms with E-state index in [-0.39, 0.29) is 18.4 Å². The molecular weight excluding hydrogens is 280 g/mol. The SMILES string of the molecule is CCC(C(=O)OC)N1C(=O)CNc2cc3c(cc21)CCCC3. The summed E-state index contributed by atoms with van der Waals surface area (Å²) in [5.74, 6) is -0.443. The van der Waals surface area contributed by atoms with Crippen LogP contribution in [-0.4, -0.2) is 31.6 Å². The number of aryl methyl sites for hydroxylation is 2. The fourth-order valence-corrected chi connectivity index (χ4v) is 3.44. The van der Waals surface area contributed by atoms with E-state index < -0.39 is 6.04 Å². The summed E-state index contributed by atoms with van der Waals surface area (Å²) in [5, 5.41) is 3.19. The standard InChI is InChI=1S/C17H22N2O3/c1-3-14(17(21)22-2)19-15-9-12-7-5-4-6-11(12)8-13(15)18-10-16(19)20/h8-9,14,18H,3-7,10H2,1-2H3. The van der Waals surface area contributed by atoms with Crippen LogP contribution in [0.5, 0.6) is 0 Å². The van der Waals surface area contributed by atoms with Gasteiger partial charge in [0, 0.05) is 0 Å². The van der Waals surface area contributed by atoms with Crippen molar-refractivity contribution in [2.45, 2.75) is 45.1 Å². The number of rotatable bonds is 3. The molecule has 3 rings (SSSR count). The van der Waals surface area contributed by atoms with Gasteiger partial charge in [0.15, 0.2) is 0 Å². The lowest BCUT2D eigenvalue weighted by atomic mass is 9.90. The van der Waals surface area contributed by atoms with Gasteiger partial charge in [0.05, 0.1) is 25.0 Å². The van der Waals surface area contributed by atoms with Gasteiger partial charge in [-0.05, 0) is 55.4 Å².